The van der Waals surface area contributed by atoms with E-state index in [-0.39, 0.29) is 5.97 Å². The Morgan fingerprint density at radius 1 is 1.40 bits per heavy atom. The van der Waals surface area contributed by atoms with Gasteiger partial charge in [-0.1, -0.05) is 13.8 Å². The summed E-state index contributed by atoms with van der Waals surface area (Å²) in [5, 5.41) is 0. The monoisotopic (exact) mass is 142 g/mol. The maximum absolute atomic E-state index is 10.8. The van der Waals surface area contributed by atoms with Crippen LogP contribution in [0.3, 0.4) is 0 Å². The third-order valence-electron chi connectivity index (χ3n) is 2.28. The summed E-state index contributed by atoms with van der Waals surface area (Å²) in [6, 6.07) is 0. The molecule has 2 nitrogen and oxygen atoms in total. The fourth-order valence-corrected chi connectivity index (χ4v) is 1.09. The summed E-state index contributed by atoms with van der Waals surface area (Å²) in [6.45, 7) is 4.91. The molecule has 0 aromatic carbocycles. The quantitative estimate of drug-likeness (QED) is 0.480. The van der Waals surface area contributed by atoms with Crippen LogP contribution in [-0.2, 0) is 9.53 Å². The lowest BCUT2D eigenvalue weighted by atomic mass is 9.93. The highest BCUT2D eigenvalue weighted by Gasteiger charge is 2.19. The van der Waals surface area contributed by atoms with Gasteiger partial charge in [-0.3, -0.25) is 4.79 Å². The summed E-state index contributed by atoms with van der Waals surface area (Å²) < 4.78 is 4.95. The summed E-state index contributed by atoms with van der Waals surface area (Å²) in [6.07, 6.45) is 1.59. The van der Waals surface area contributed by atoms with Crippen LogP contribution < -0.4 is 0 Å². The Kier molecular flexibility index (Phi) is 2.30. The van der Waals surface area contributed by atoms with Crippen molar-refractivity contribution >= 4 is 5.97 Å². The third-order valence-corrected chi connectivity index (χ3v) is 2.28. The lowest BCUT2D eigenvalue weighted by molar-refractivity contribution is -0.143. The second-order valence-electron chi connectivity index (χ2n) is 3.18. The van der Waals surface area contributed by atoms with E-state index in [1.165, 1.54) is 0 Å². The zero-order chi connectivity index (χ0) is 7.56. The van der Waals surface area contributed by atoms with Crippen molar-refractivity contribution in [2.45, 2.75) is 26.7 Å². The minimum atomic E-state index is -0.0313. The van der Waals surface area contributed by atoms with Crippen LogP contribution in [0.2, 0.25) is 0 Å². The molecule has 0 aromatic heterocycles. The molecular formula is C8H14O2. The topological polar surface area (TPSA) is 26.3 Å². The van der Waals surface area contributed by atoms with Gasteiger partial charge in [-0.15, -0.1) is 0 Å². The Labute approximate surface area is 61.6 Å². The summed E-state index contributed by atoms with van der Waals surface area (Å²) in [5.41, 5.74) is 0. The molecule has 2 atom stereocenters. The smallest absolute Gasteiger partial charge is 0.305 e. The van der Waals surface area contributed by atoms with Crippen molar-refractivity contribution in [1.82, 2.24) is 0 Å². The number of carbonyl (C=O) groups is 1. The SMILES string of the molecule is C[C@H]1CCC(=O)OC[C@@H]1C. The molecule has 0 unspecified atom stereocenters. The van der Waals surface area contributed by atoms with E-state index < -0.39 is 0 Å². The van der Waals surface area contributed by atoms with E-state index >= 15 is 0 Å². The number of hydrogen-bond donors (Lipinski definition) is 0. The predicted molar refractivity (Wildman–Crippen MR) is 38.5 cm³/mol. The Balaban J connectivity index is 2.46. The number of ether oxygens (including phenoxy) is 1. The largest absolute Gasteiger partial charge is 0.465 e. The molecule has 0 N–H and O–H groups in total. The molecule has 10 heavy (non-hydrogen) atoms. The van der Waals surface area contributed by atoms with E-state index in [9.17, 15) is 4.79 Å². The van der Waals surface area contributed by atoms with Gasteiger partial charge in [-0.25, -0.2) is 0 Å². The molecule has 0 bridgehead atoms. The van der Waals surface area contributed by atoms with Gasteiger partial charge < -0.3 is 4.74 Å². The Hall–Kier alpha value is -0.530. The van der Waals surface area contributed by atoms with E-state index in [4.69, 9.17) is 4.74 Å². The Bertz CT molecular complexity index is 117. The van der Waals surface area contributed by atoms with Gasteiger partial charge in [0.25, 0.3) is 0 Å². The van der Waals surface area contributed by atoms with Crippen molar-refractivity contribution < 1.29 is 9.53 Å². The number of cyclic esters (lactones) is 1. The van der Waals surface area contributed by atoms with Crippen molar-refractivity contribution in [3.8, 4) is 0 Å². The van der Waals surface area contributed by atoms with E-state index in [1.807, 2.05) is 0 Å². The first-order chi connectivity index (χ1) is 4.70. The summed E-state index contributed by atoms with van der Waals surface area (Å²) in [7, 11) is 0. The van der Waals surface area contributed by atoms with Crippen LogP contribution in [0.5, 0.6) is 0 Å². The van der Waals surface area contributed by atoms with Gasteiger partial charge in [-0.2, -0.15) is 0 Å². The standard InChI is InChI=1S/C8H14O2/c1-6-3-4-8(9)10-5-7(6)2/h6-7H,3-5H2,1-2H3/t6-,7-/m0/s1. The van der Waals surface area contributed by atoms with Crippen molar-refractivity contribution in [2.75, 3.05) is 6.61 Å². The van der Waals surface area contributed by atoms with Gasteiger partial charge in [0.05, 0.1) is 6.61 Å². The molecule has 1 saturated heterocycles. The van der Waals surface area contributed by atoms with E-state index in [2.05, 4.69) is 13.8 Å². The number of hydrogen-bond acceptors (Lipinski definition) is 2. The minimum absolute atomic E-state index is 0.0313. The van der Waals surface area contributed by atoms with Gasteiger partial charge in [-0.05, 0) is 18.3 Å². The Morgan fingerprint density at radius 3 is 2.80 bits per heavy atom. The molecule has 1 fully saturated rings. The average molecular weight is 142 g/mol. The number of esters is 1. The molecule has 1 aliphatic rings. The van der Waals surface area contributed by atoms with E-state index in [1.54, 1.807) is 0 Å². The van der Waals surface area contributed by atoms with Gasteiger partial charge in [0.2, 0.25) is 0 Å². The first-order valence-electron chi connectivity index (χ1n) is 3.86. The van der Waals surface area contributed by atoms with Crippen LogP contribution in [-0.4, -0.2) is 12.6 Å². The fourth-order valence-electron chi connectivity index (χ4n) is 1.09. The van der Waals surface area contributed by atoms with Crippen LogP contribution in [0.15, 0.2) is 0 Å². The van der Waals surface area contributed by atoms with Gasteiger partial charge in [0.1, 0.15) is 0 Å². The highest BCUT2D eigenvalue weighted by Crippen LogP contribution is 2.20. The first kappa shape index (κ1) is 7.58. The van der Waals surface area contributed by atoms with E-state index in [0.29, 0.717) is 24.9 Å². The summed E-state index contributed by atoms with van der Waals surface area (Å²) >= 11 is 0. The molecule has 2 heteroatoms. The molecule has 58 valence electrons. The molecule has 0 saturated carbocycles. The molecule has 0 aliphatic carbocycles. The molecule has 1 rings (SSSR count). The molecule has 0 radical (unpaired) electrons. The maximum atomic E-state index is 10.8. The second-order valence-corrected chi connectivity index (χ2v) is 3.18. The molecule has 1 aliphatic heterocycles. The lowest BCUT2D eigenvalue weighted by Crippen LogP contribution is -2.11. The molecule has 0 amide bonds. The summed E-state index contributed by atoms with van der Waals surface area (Å²) in [4.78, 5) is 10.8. The Morgan fingerprint density at radius 2 is 2.10 bits per heavy atom. The zero-order valence-corrected chi connectivity index (χ0v) is 6.59. The van der Waals surface area contributed by atoms with Gasteiger partial charge in [0.15, 0.2) is 0 Å². The number of rotatable bonds is 0. The molecular weight excluding hydrogens is 128 g/mol. The van der Waals surface area contributed by atoms with Crippen molar-refractivity contribution in [2.24, 2.45) is 11.8 Å². The fraction of sp³-hybridized carbons (Fsp3) is 0.875. The second kappa shape index (κ2) is 3.04. The van der Waals surface area contributed by atoms with Crippen LogP contribution in [0.1, 0.15) is 26.7 Å². The highest BCUT2D eigenvalue weighted by atomic mass is 16.5. The van der Waals surface area contributed by atoms with Crippen LogP contribution in [0, 0.1) is 11.8 Å². The van der Waals surface area contributed by atoms with Crippen LogP contribution in [0.4, 0.5) is 0 Å². The van der Waals surface area contributed by atoms with Gasteiger partial charge >= 0.3 is 5.97 Å². The van der Waals surface area contributed by atoms with E-state index in [0.717, 1.165) is 6.42 Å². The van der Waals surface area contributed by atoms with Crippen molar-refractivity contribution in [1.29, 1.82) is 0 Å². The number of carbonyl (C=O) groups excluding carboxylic acids is 1. The molecule has 1 heterocycles. The molecule has 0 spiro atoms. The third kappa shape index (κ3) is 1.72. The van der Waals surface area contributed by atoms with Crippen molar-refractivity contribution in [3.63, 3.8) is 0 Å². The molecule has 0 aromatic rings. The van der Waals surface area contributed by atoms with Crippen LogP contribution in [0.25, 0.3) is 0 Å². The maximum Gasteiger partial charge on any atom is 0.305 e. The zero-order valence-electron chi connectivity index (χ0n) is 6.59. The predicted octanol–water partition coefficient (Wildman–Crippen LogP) is 1.60. The van der Waals surface area contributed by atoms with Gasteiger partial charge in [0, 0.05) is 6.42 Å². The van der Waals surface area contributed by atoms with Crippen molar-refractivity contribution in [3.05, 3.63) is 0 Å². The normalized spacial score (nSPS) is 34.8. The van der Waals surface area contributed by atoms with Crippen LogP contribution >= 0.6 is 0 Å². The lowest BCUT2D eigenvalue weighted by Gasteiger charge is -2.13. The highest BCUT2D eigenvalue weighted by molar-refractivity contribution is 5.69. The summed E-state index contributed by atoms with van der Waals surface area (Å²) in [5.74, 6) is 1.13. The first-order valence-corrected chi connectivity index (χ1v) is 3.86. The minimum Gasteiger partial charge on any atom is -0.465 e. The average Bonchev–Trinajstić information content (AvgIpc) is 2.04.